The van der Waals surface area contributed by atoms with E-state index in [9.17, 15) is 0 Å². The van der Waals surface area contributed by atoms with E-state index in [0.717, 1.165) is 24.4 Å². The van der Waals surface area contributed by atoms with Gasteiger partial charge in [0.2, 0.25) is 0 Å². The largest absolute Gasteiger partial charge is 0.461 e. The van der Waals surface area contributed by atoms with Crippen LogP contribution < -0.4 is 0 Å². The fourth-order valence-corrected chi connectivity index (χ4v) is 2.55. The highest BCUT2D eigenvalue weighted by atomic mass is 16.3. The van der Waals surface area contributed by atoms with Gasteiger partial charge in [0.15, 0.2) is 0 Å². The van der Waals surface area contributed by atoms with Gasteiger partial charge in [-0.05, 0) is 36.6 Å². The summed E-state index contributed by atoms with van der Waals surface area (Å²) in [5, 5.41) is 0. The lowest BCUT2D eigenvalue weighted by molar-refractivity contribution is 0.499. The number of fused-ring (bicyclic) bond motifs is 1. The normalized spacial score (nSPS) is 13.9. The molecular weight excluding hydrogens is 220 g/mol. The number of furan rings is 1. The van der Waals surface area contributed by atoms with Crippen LogP contribution in [0.5, 0.6) is 0 Å². The Morgan fingerprint density at radius 3 is 2.67 bits per heavy atom. The molecule has 0 atom stereocenters. The number of aryl methyl sites for hydroxylation is 1. The first kappa shape index (κ1) is 11.1. The molecule has 1 aliphatic carbocycles. The molecule has 1 aromatic heterocycles. The van der Waals surface area contributed by atoms with Gasteiger partial charge in [-0.3, -0.25) is 0 Å². The van der Waals surface area contributed by atoms with Gasteiger partial charge in [0.25, 0.3) is 0 Å². The van der Waals surface area contributed by atoms with E-state index in [4.69, 9.17) is 4.42 Å². The Bertz CT molecular complexity index is 615. The molecular formula is C17H16O. The predicted molar refractivity (Wildman–Crippen MR) is 76.2 cm³/mol. The zero-order chi connectivity index (χ0) is 12.5. The molecule has 0 aliphatic heterocycles. The Kier molecular flexibility index (Phi) is 2.67. The molecule has 1 aromatic carbocycles. The topological polar surface area (TPSA) is 13.1 Å². The lowest BCUT2D eigenvalue weighted by atomic mass is 9.91. The first-order valence-electron chi connectivity index (χ1n) is 6.30. The Balaban J connectivity index is 2.08. The van der Waals surface area contributed by atoms with Gasteiger partial charge in [-0.1, -0.05) is 36.9 Å². The van der Waals surface area contributed by atoms with Crippen LogP contribution in [0, 0.1) is 6.92 Å². The van der Waals surface area contributed by atoms with Crippen LogP contribution in [0.2, 0.25) is 0 Å². The van der Waals surface area contributed by atoms with Gasteiger partial charge < -0.3 is 4.42 Å². The van der Waals surface area contributed by atoms with Crippen LogP contribution in [0.3, 0.4) is 0 Å². The smallest absolute Gasteiger partial charge is 0.129 e. The van der Waals surface area contributed by atoms with Crippen LogP contribution in [0.25, 0.3) is 17.7 Å². The summed E-state index contributed by atoms with van der Waals surface area (Å²) in [4.78, 5) is 0. The van der Waals surface area contributed by atoms with Crippen molar-refractivity contribution in [1.29, 1.82) is 0 Å². The average molecular weight is 236 g/mol. The number of benzene rings is 1. The van der Waals surface area contributed by atoms with Crippen molar-refractivity contribution in [3.05, 3.63) is 65.1 Å². The molecule has 1 heterocycles. The number of hydrogen-bond donors (Lipinski definition) is 0. The minimum Gasteiger partial charge on any atom is -0.461 e. The zero-order valence-electron chi connectivity index (χ0n) is 10.6. The average Bonchev–Trinajstić information content (AvgIpc) is 2.76. The molecule has 0 saturated heterocycles. The number of hydrogen-bond acceptors (Lipinski definition) is 1. The first-order chi connectivity index (χ1) is 8.79. The lowest BCUT2D eigenvalue weighted by Gasteiger charge is -2.13. The van der Waals surface area contributed by atoms with Gasteiger partial charge in [-0.2, -0.15) is 0 Å². The van der Waals surface area contributed by atoms with Crippen molar-refractivity contribution in [2.45, 2.75) is 19.8 Å². The summed E-state index contributed by atoms with van der Waals surface area (Å²) in [5.74, 6) is 2.01. The second kappa shape index (κ2) is 4.34. The Hall–Kier alpha value is -2.02. The van der Waals surface area contributed by atoms with E-state index in [1.54, 1.807) is 6.08 Å². The molecule has 1 aliphatic rings. The highest BCUT2D eigenvalue weighted by molar-refractivity contribution is 5.85. The third-order valence-electron chi connectivity index (χ3n) is 3.58. The zero-order valence-corrected chi connectivity index (χ0v) is 10.6. The maximum absolute atomic E-state index is 5.81. The van der Waals surface area contributed by atoms with Gasteiger partial charge >= 0.3 is 0 Å². The summed E-state index contributed by atoms with van der Waals surface area (Å²) in [6.45, 7) is 5.90. The molecule has 0 radical (unpaired) electrons. The van der Waals surface area contributed by atoms with Gasteiger partial charge in [-0.25, -0.2) is 0 Å². The second-order valence-corrected chi connectivity index (χ2v) is 4.67. The third kappa shape index (κ3) is 1.72. The molecule has 3 rings (SSSR count). The van der Waals surface area contributed by atoms with Crippen LogP contribution in [0.15, 0.2) is 41.3 Å². The molecule has 0 bridgehead atoms. The minimum atomic E-state index is 0.908. The summed E-state index contributed by atoms with van der Waals surface area (Å²) in [6.07, 6.45) is 6.08. The molecule has 90 valence electrons. The SMILES string of the molecule is C=Cc1oc2c(c1C)C=C(c1ccccc1)CC2. The maximum atomic E-state index is 5.81. The van der Waals surface area contributed by atoms with Crippen LogP contribution >= 0.6 is 0 Å². The summed E-state index contributed by atoms with van der Waals surface area (Å²) in [6, 6.07) is 10.6. The third-order valence-corrected chi connectivity index (χ3v) is 3.58. The van der Waals surface area contributed by atoms with E-state index in [1.165, 1.54) is 22.3 Å². The van der Waals surface area contributed by atoms with E-state index in [1.807, 2.05) is 0 Å². The molecule has 18 heavy (non-hydrogen) atoms. The van der Waals surface area contributed by atoms with Crippen LogP contribution in [-0.2, 0) is 6.42 Å². The fourth-order valence-electron chi connectivity index (χ4n) is 2.55. The van der Waals surface area contributed by atoms with Crippen molar-refractivity contribution >= 4 is 17.7 Å². The molecule has 0 N–H and O–H groups in total. The van der Waals surface area contributed by atoms with E-state index in [-0.39, 0.29) is 0 Å². The lowest BCUT2D eigenvalue weighted by Crippen LogP contribution is -1.96. The molecule has 0 unspecified atom stereocenters. The summed E-state index contributed by atoms with van der Waals surface area (Å²) < 4.78 is 5.81. The van der Waals surface area contributed by atoms with Crippen molar-refractivity contribution < 1.29 is 4.42 Å². The summed E-state index contributed by atoms with van der Waals surface area (Å²) >= 11 is 0. The van der Waals surface area contributed by atoms with Crippen LogP contribution in [0.4, 0.5) is 0 Å². The number of rotatable bonds is 2. The van der Waals surface area contributed by atoms with Crippen molar-refractivity contribution in [1.82, 2.24) is 0 Å². The van der Waals surface area contributed by atoms with Crippen molar-refractivity contribution in [3.63, 3.8) is 0 Å². The first-order valence-corrected chi connectivity index (χ1v) is 6.30. The molecule has 1 heteroatoms. The van der Waals surface area contributed by atoms with Gasteiger partial charge in [-0.15, -0.1) is 0 Å². The predicted octanol–water partition coefficient (Wildman–Crippen LogP) is 4.72. The van der Waals surface area contributed by atoms with Crippen molar-refractivity contribution in [2.24, 2.45) is 0 Å². The fraction of sp³-hybridized carbons (Fsp3) is 0.176. The molecule has 0 amide bonds. The Morgan fingerprint density at radius 1 is 1.17 bits per heavy atom. The molecule has 2 aromatic rings. The Morgan fingerprint density at radius 2 is 1.94 bits per heavy atom. The Labute approximate surface area is 107 Å². The molecule has 0 fully saturated rings. The highest BCUT2D eigenvalue weighted by Crippen LogP contribution is 2.35. The van der Waals surface area contributed by atoms with Gasteiger partial charge in [0, 0.05) is 17.5 Å². The monoisotopic (exact) mass is 236 g/mol. The van der Waals surface area contributed by atoms with Crippen LogP contribution in [0.1, 0.15) is 34.6 Å². The van der Waals surface area contributed by atoms with Crippen molar-refractivity contribution in [3.8, 4) is 0 Å². The van der Waals surface area contributed by atoms with Crippen molar-refractivity contribution in [2.75, 3.05) is 0 Å². The minimum absolute atomic E-state index is 0.908. The second-order valence-electron chi connectivity index (χ2n) is 4.67. The summed E-state index contributed by atoms with van der Waals surface area (Å²) in [5.41, 5.74) is 5.15. The van der Waals surface area contributed by atoms with Gasteiger partial charge in [0.1, 0.15) is 11.5 Å². The highest BCUT2D eigenvalue weighted by Gasteiger charge is 2.19. The van der Waals surface area contributed by atoms with E-state index in [0.29, 0.717) is 0 Å². The van der Waals surface area contributed by atoms with E-state index in [2.05, 4.69) is 49.9 Å². The molecule has 0 spiro atoms. The summed E-state index contributed by atoms with van der Waals surface area (Å²) in [7, 11) is 0. The molecule has 1 nitrogen and oxygen atoms in total. The quantitative estimate of drug-likeness (QED) is 0.735. The molecule has 0 saturated carbocycles. The van der Waals surface area contributed by atoms with Gasteiger partial charge in [0.05, 0.1) is 0 Å². The standard InChI is InChI=1S/C17H16O/c1-3-16-12(2)15-11-14(9-10-17(15)18-16)13-7-5-4-6-8-13/h3-8,11H,1,9-10H2,2H3. The number of allylic oxidation sites excluding steroid dienone is 1. The maximum Gasteiger partial charge on any atom is 0.129 e. The van der Waals surface area contributed by atoms with E-state index < -0.39 is 0 Å². The van der Waals surface area contributed by atoms with E-state index >= 15 is 0 Å². The van der Waals surface area contributed by atoms with Crippen LogP contribution in [-0.4, -0.2) is 0 Å².